The zero-order valence-corrected chi connectivity index (χ0v) is 12.0. The van der Waals surface area contributed by atoms with Gasteiger partial charge in [-0.05, 0) is 30.7 Å². The van der Waals surface area contributed by atoms with Crippen LogP contribution in [0.3, 0.4) is 0 Å². The van der Waals surface area contributed by atoms with E-state index in [1.807, 2.05) is 11.3 Å². The molecular weight excluding hydrogens is 242 g/mol. The largest absolute Gasteiger partial charge is 0.359 e. The van der Waals surface area contributed by atoms with Crippen LogP contribution in [0.1, 0.15) is 30.7 Å². The number of hydrogen-bond donors (Lipinski definition) is 0. The van der Waals surface area contributed by atoms with Gasteiger partial charge in [-0.15, -0.1) is 11.3 Å². The summed E-state index contributed by atoms with van der Waals surface area (Å²) in [6.07, 6.45) is 5.43. The topological polar surface area (TPSA) is 29.0 Å². The average molecular weight is 261 g/mol. The Bertz CT molecular complexity index is 574. The second kappa shape index (κ2) is 4.50. The van der Waals surface area contributed by atoms with Gasteiger partial charge >= 0.3 is 0 Å². The third-order valence-corrected chi connectivity index (χ3v) is 4.68. The second-order valence-corrected chi connectivity index (χ2v) is 6.59. The first kappa shape index (κ1) is 11.9. The molecule has 0 amide bonds. The van der Waals surface area contributed by atoms with Crippen molar-refractivity contribution in [1.29, 1.82) is 0 Å². The quantitative estimate of drug-likeness (QED) is 0.849. The van der Waals surface area contributed by atoms with Gasteiger partial charge in [-0.2, -0.15) is 0 Å². The molecule has 2 aromatic heterocycles. The summed E-state index contributed by atoms with van der Waals surface area (Å²) in [5.74, 6) is 1.76. The van der Waals surface area contributed by atoms with E-state index in [4.69, 9.17) is 0 Å². The molecule has 0 saturated carbocycles. The van der Waals surface area contributed by atoms with E-state index in [1.54, 1.807) is 6.33 Å². The highest BCUT2D eigenvalue weighted by molar-refractivity contribution is 7.19. The molecule has 96 valence electrons. The van der Waals surface area contributed by atoms with Crippen molar-refractivity contribution in [2.75, 3.05) is 18.5 Å². The van der Waals surface area contributed by atoms with Crippen LogP contribution in [0.5, 0.6) is 0 Å². The third-order valence-electron chi connectivity index (χ3n) is 3.48. The van der Waals surface area contributed by atoms with Gasteiger partial charge in [0, 0.05) is 18.5 Å². The molecule has 0 N–H and O–H groups in total. The molecule has 0 unspecified atom stereocenters. The van der Waals surface area contributed by atoms with E-state index < -0.39 is 0 Å². The van der Waals surface area contributed by atoms with Crippen LogP contribution < -0.4 is 4.90 Å². The maximum Gasteiger partial charge on any atom is 0.140 e. The molecule has 3 nitrogen and oxygen atoms in total. The zero-order chi connectivity index (χ0) is 12.7. The fourth-order valence-corrected chi connectivity index (χ4v) is 4.06. The molecule has 0 radical (unpaired) electrons. The summed E-state index contributed by atoms with van der Waals surface area (Å²) in [7, 11) is 2.14. The lowest BCUT2D eigenvalue weighted by molar-refractivity contribution is 0.635. The van der Waals surface area contributed by atoms with Crippen molar-refractivity contribution < 1.29 is 0 Å². The van der Waals surface area contributed by atoms with Crippen molar-refractivity contribution in [3.05, 3.63) is 16.8 Å². The maximum absolute atomic E-state index is 4.53. The number of aromatic nitrogens is 2. The Balaban J connectivity index is 2.11. The molecule has 2 aromatic rings. The summed E-state index contributed by atoms with van der Waals surface area (Å²) >= 11 is 1.86. The van der Waals surface area contributed by atoms with Crippen molar-refractivity contribution in [3.8, 4) is 0 Å². The Morgan fingerprint density at radius 3 is 2.94 bits per heavy atom. The predicted molar refractivity (Wildman–Crippen MR) is 77.5 cm³/mol. The van der Waals surface area contributed by atoms with Gasteiger partial charge in [0.2, 0.25) is 0 Å². The molecule has 0 spiro atoms. The number of anilines is 1. The van der Waals surface area contributed by atoms with Crippen molar-refractivity contribution in [2.24, 2.45) is 5.92 Å². The lowest BCUT2D eigenvalue weighted by Crippen LogP contribution is -2.23. The number of hydrogen-bond acceptors (Lipinski definition) is 4. The third kappa shape index (κ3) is 1.88. The summed E-state index contributed by atoms with van der Waals surface area (Å²) in [4.78, 5) is 14.0. The molecule has 3 rings (SSSR count). The summed E-state index contributed by atoms with van der Waals surface area (Å²) in [5, 5.41) is 1.32. The molecule has 0 fully saturated rings. The Kier molecular flexibility index (Phi) is 2.98. The molecule has 0 bridgehead atoms. The molecule has 1 aliphatic rings. The normalized spacial score (nSPS) is 14.4. The summed E-state index contributed by atoms with van der Waals surface area (Å²) < 4.78 is 0. The van der Waals surface area contributed by atoms with Gasteiger partial charge in [-0.3, -0.25) is 0 Å². The van der Waals surface area contributed by atoms with Crippen LogP contribution in [-0.2, 0) is 12.8 Å². The molecular formula is C14H19N3S. The molecule has 0 aromatic carbocycles. The number of aryl methyl sites for hydroxylation is 2. The van der Waals surface area contributed by atoms with Crippen LogP contribution in [0.15, 0.2) is 6.33 Å². The van der Waals surface area contributed by atoms with Crippen LogP contribution >= 0.6 is 11.3 Å². The Labute approximate surface area is 112 Å². The van der Waals surface area contributed by atoms with Crippen LogP contribution in [0, 0.1) is 5.92 Å². The molecule has 2 heterocycles. The van der Waals surface area contributed by atoms with Crippen LogP contribution in [0.4, 0.5) is 5.82 Å². The molecule has 4 heteroatoms. The van der Waals surface area contributed by atoms with E-state index in [2.05, 4.69) is 35.8 Å². The van der Waals surface area contributed by atoms with Gasteiger partial charge in [0.15, 0.2) is 0 Å². The highest BCUT2D eigenvalue weighted by atomic mass is 32.1. The minimum Gasteiger partial charge on any atom is -0.359 e. The van der Waals surface area contributed by atoms with Crippen molar-refractivity contribution >= 4 is 27.4 Å². The van der Waals surface area contributed by atoms with Crippen LogP contribution in [-0.4, -0.2) is 23.6 Å². The van der Waals surface area contributed by atoms with Crippen molar-refractivity contribution in [2.45, 2.75) is 33.1 Å². The standard InChI is InChI=1S/C14H19N3S/c1-9(2)7-17(3)13-12-10-5-4-6-11(10)18-14(12)16-8-15-13/h8-9H,4-7H2,1-3H3. The molecule has 0 aliphatic heterocycles. The smallest absolute Gasteiger partial charge is 0.140 e. The van der Waals surface area contributed by atoms with Crippen LogP contribution in [0.25, 0.3) is 10.2 Å². The first-order valence-corrected chi connectivity index (χ1v) is 7.45. The number of nitrogens with zero attached hydrogens (tertiary/aromatic N) is 3. The van der Waals surface area contributed by atoms with E-state index in [9.17, 15) is 0 Å². The number of fused-ring (bicyclic) bond motifs is 3. The highest BCUT2D eigenvalue weighted by Crippen LogP contribution is 2.39. The lowest BCUT2D eigenvalue weighted by Gasteiger charge is -2.21. The number of thiophene rings is 1. The maximum atomic E-state index is 4.53. The highest BCUT2D eigenvalue weighted by Gasteiger charge is 2.22. The summed E-state index contributed by atoms with van der Waals surface area (Å²) in [5.41, 5.74) is 1.52. The number of rotatable bonds is 3. The monoisotopic (exact) mass is 261 g/mol. The minimum absolute atomic E-state index is 0.645. The van der Waals surface area contributed by atoms with E-state index >= 15 is 0 Å². The Morgan fingerprint density at radius 2 is 2.17 bits per heavy atom. The van der Waals surface area contributed by atoms with Gasteiger partial charge in [0.1, 0.15) is 17.0 Å². The van der Waals surface area contributed by atoms with Gasteiger partial charge in [-0.1, -0.05) is 13.8 Å². The Morgan fingerprint density at radius 1 is 1.33 bits per heavy atom. The molecule has 1 aliphatic carbocycles. The van der Waals surface area contributed by atoms with E-state index in [0.29, 0.717) is 5.92 Å². The summed E-state index contributed by atoms with van der Waals surface area (Å²) in [6, 6.07) is 0. The fraction of sp³-hybridized carbons (Fsp3) is 0.571. The minimum atomic E-state index is 0.645. The average Bonchev–Trinajstić information content (AvgIpc) is 2.86. The molecule has 18 heavy (non-hydrogen) atoms. The van der Waals surface area contributed by atoms with E-state index in [-0.39, 0.29) is 0 Å². The Hall–Kier alpha value is -1.16. The summed E-state index contributed by atoms with van der Waals surface area (Å²) in [6.45, 7) is 5.52. The second-order valence-electron chi connectivity index (χ2n) is 5.51. The van der Waals surface area contributed by atoms with E-state index in [1.165, 1.54) is 39.9 Å². The van der Waals surface area contributed by atoms with Gasteiger partial charge in [0.05, 0.1) is 5.39 Å². The fourth-order valence-electron chi connectivity index (χ4n) is 2.84. The van der Waals surface area contributed by atoms with Crippen molar-refractivity contribution in [1.82, 2.24) is 9.97 Å². The first-order chi connectivity index (χ1) is 8.66. The van der Waals surface area contributed by atoms with Crippen LogP contribution in [0.2, 0.25) is 0 Å². The van der Waals surface area contributed by atoms with Gasteiger partial charge in [0.25, 0.3) is 0 Å². The molecule has 0 saturated heterocycles. The van der Waals surface area contributed by atoms with E-state index in [0.717, 1.165) is 12.4 Å². The predicted octanol–water partition coefficient (Wildman–Crippen LogP) is 3.27. The lowest BCUT2D eigenvalue weighted by atomic mass is 10.1. The van der Waals surface area contributed by atoms with Gasteiger partial charge in [-0.25, -0.2) is 9.97 Å². The van der Waals surface area contributed by atoms with Gasteiger partial charge < -0.3 is 4.90 Å². The zero-order valence-electron chi connectivity index (χ0n) is 11.2. The first-order valence-electron chi connectivity index (χ1n) is 6.63. The SMILES string of the molecule is CC(C)CN(C)c1ncnc2sc3c(c12)CCC3. The van der Waals surface area contributed by atoms with Crippen molar-refractivity contribution in [3.63, 3.8) is 0 Å². The molecule has 0 atom stereocenters.